The van der Waals surface area contributed by atoms with Gasteiger partial charge in [-0.25, -0.2) is 0 Å². The number of fused-ring (bicyclic) bond motifs is 3. The Kier molecular flexibility index (Phi) is 6.12. The fraction of sp³-hybridized carbons (Fsp3) is 0.667. The summed E-state index contributed by atoms with van der Waals surface area (Å²) in [5.74, 6) is -0.966. The monoisotopic (exact) mass is 482 g/mol. The Morgan fingerprint density at radius 3 is 2.56 bits per heavy atom. The number of likely N-dealkylation sites (tertiary alicyclic amines) is 1. The predicted molar refractivity (Wildman–Crippen MR) is 114 cm³/mol. The molecule has 2 fully saturated rings. The lowest BCUT2D eigenvalue weighted by Crippen LogP contribution is -2.48. The highest BCUT2D eigenvalue weighted by Gasteiger charge is 2.47. The zero-order valence-electron chi connectivity index (χ0n) is 18.9. The third-order valence-corrected chi connectivity index (χ3v) is 7.53. The number of piperidine rings is 1. The van der Waals surface area contributed by atoms with E-state index in [1.54, 1.807) is 0 Å². The van der Waals surface area contributed by atoms with Gasteiger partial charge in [-0.1, -0.05) is 12.5 Å². The number of nitrogens with zero attached hydrogens (tertiary/aromatic N) is 1. The largest absolute Gasteiger partial charge is 0.471 e. The van der Waals surface area contributed by atoms with E-state index in [0.717, 1.165) is 53.9 Å². The molecule has 4 aliphatic rings. The zero-order valence-corrected chi connectivity index (χ0v) is 18.9. The van der Waals surface area contributed by atoms with Gasteiger partial charge in [-0.3, -0.25) is 9.59 Å². The molecular formula is C24H29F3N2O5. The van der Waals surface area contributed by atoms with E-state index in [1.165, 1.54) is 0 Å². The minimum absolute atomic E-state index is 0.00835. The van der Waals surface area contributed by atoms with E-state index in [4.69, 9.17) is 14.2 Å². The second-order valence-electron chi connectivity index (χ2n) is 9.66. The summed E-state index contributed by atoms with van der Waals surface area (Å²) in [6.07, 6.45) is 1.42. The van der Waals surface area contributed by atoms with E-state index >= 15 is 0 Å². The Hall–Kier alpha value is -2.49. The van der Waals surface area contributed by atoms with Crippen LogP contribution in [0.5, 0.6) is 11.5 Å². The van der Waals surface area contributed by atoms with Crippen molar-refractivity contribution in [3.8, 4) is 11.5 Å². The maximum absolute atomic E-state index is 12.8. The number of hydrogen-bond donors (Lipinski definition) is 1. The quantitative estimate of drug-likeness (QED) is 0.663. The SMILES string of the molecule is O=CNC[C@H]1O[C@@H](C2CCN(C(=O)C(F)(F)F)CC2)Cc2c1ccc1c2OC2(CCCCC2)O1. The first-order valence-electron chi connectivity index (χ1n) is 12.0. The summed E-state index contributed by atoms with van der Waals surface area (Å²) in [5.41, 5.74) is 1.92. The highest BCUT2D eigenvalue weighted by Crippen LogP contribution is 2.51. The van der Waals surface area contributed by atoms with E-state index in [0.29, 0.717) is 31.4 Å². The Morgan fingerprint density at radius 2 is 1.88 bits per heavy atom. The third-order valence-electron chi connectivity index (χ3n) is 7.53. The van der Waals surface area contributed by atoms with E-state index < -0.39 is 24.0 Å². The van der Waals surface area contributed by atoms with Crippen molar-refractivity contribution in [2.75, 3.05) is 19.6 Å². The Balaban J connectivity index is 1.36. The second kappa shape index (κ2) is 8.94. The normalized spacial score (nSPS) is 26.3. The van der Waals surface area contributed by atoms with Crippen molar-refractivity contribution in [1.29, 1.82) is 0 Å². The van der Waals surface area contributed by atoms with Crippen LogP contribution in [0.3, 0.4) is 0 Å². The second-order valence-corrected chi connectivity index (χ2v) is 9.66. The minimum Gasteiger partial charge on any atom is -0.448 e. The van der Waals surface area contributed by atoms with Crippen molar-refractivity contribution >= 4 is 12.3 Å². The maximum Gasteiger partial charge on any atom is 0.471 e. The first-order chi connectivity index (χ1) is 16.3. The standard InChI is InChI=1S/C24H29F3N2O5/c25-24(26,27)22(31)29-10-6-15(7-11-29)19-12-17-16(20(32-19)13-28-14-30)4-5-18-21(17)34-23(33-18)8-2-1-3-9-23/h4-5,14-15,19-20H,1-3,6-13H2,(H,28,30)/t19-,20-/m1/s1. The average Bonchev–Trinajstić information content (AvgIpc) is 3.19. The molecule has 0 unspecified atom stereocenters. The van der Waals surface area contributed by atoms with Crippen molar-refractivity contribution in [3.63, 3.8) is 0 Å². The average molecular weight is 482 g/mol. The fourth-order valence-electron chi connectivity index (χ4n) is 5.81. The third kappa shape index (κ3) is 4.32. The summed E-state index contributed by atoms with van der Waals surface area (Å²) in [4.78, 5) is 23.5. The summed E-state index contributed by atoms with van der Waals surface area (Å²) >= 11 is 0. The van der Waals surface area contributed by atoms with Gasteiger partial charge in [-0.15, -0.1) is 0 Å². The highest BCUT2D eigenvalue weighted by molar-refractivity contribution is 5.81. The van der Waals surface area contributed by atoms with Crippen LogP contribution in [0, 0.1) is 5.92 Å². The summed E-state index contributed by atoms with van der Waals surface area (Å²) in [6, 6.07) is 3.85. The number of rotatable bonds is 4. The molecule has 10 heteroatoms. The van der Waals surface area contributed by atoms with Gasteiger partial charge in [0, 0.05) is 44.5 Å². The molecule has 1 N–H and O–H groups in total. The Labute approximate surface area is 195 Å². The molecule has 0 radical (unpaired) electrons. The lowest BCUT2D eigenvalue weighted by Gasteiger charge is -2.40. The molecule has 34 heavy (non-hydrogen) atoms. The molecule has 2 atom stereocenters. The van der Waals surface area contributed by atoms with Gasteiger partial charge in [0.2, 0.25) is 6.41 Å². The zero-order chi connectivity index (χ0) is 23.9. The summed E-state index contributed by atoms with van der Waals surface area (Å²) < 4.78 is 57.6. The first kappa shape index (κ1) is 23.3. The molecule has 7 nitrogen and oxygen atoms in total. The highest BCUT2D eigenvalue weighted by atomic mass is 19.4. The number of halogens is 3. The van der Waals surface area contributed by atoms with Crippen LogP contribution in [-0.2, 0) is 20.7 Å². The Morgan fingerprint density at radius 1 is 1.15 bits per heavy atom. The van der Waals surface area contributed by atoms with Gasteiger partial charge in [-0.05, 0) is 43.2 Å². The number of benzene rings is 1. The van der Waals surface area contributed by atoms with Gasteiger partial charge in [0.05, 0.1) is 6.10 Å². The molecule has 0 aromatic heterocycles. The lowest BCUT2D eigenvalue weighted by molar-refractivity contribution is -0.187. The smallest absolute Gasteiger partial charge is 0.448 e. The van der Waals surface area contributed by atoms with Crippen molar-refractivity contribution < 1.29 is 37.0 Å². The molecule has 1 saturated carbocycles. The lowest BCUT2D eigenvalue weighted by atomic mass is 9.83. The van der Waals surface area contributed by atoms with Crippen LogP contribution in [0.4, 0.5) is 13.2 Å². The minimum atomic E-state index is -4.86. The van der Waals surface area contributed by atoms with Gasteiger partial charge in [0.1, 0.15) is 6.10 Å². The molecule has 0 bridgehead atoms. The van der Waals surface area contributed by atoms with Crippen LogP contribution < -0.4 is 14.8 Å². The van der Waals surface area contributed by atoms with Gasteiger partial charge < -0.3 is 24.4 Å². The first-order valence-corrected chi connectivity index (χ1v) is 12.0. The van der Waals surface area contributed by atoms with Gasteiger partial charge in [0.15, 0.2) is 11.5 Å². The van der Waals surface area contributed by atoms with Crippen LogP contribution in [-0.4, -0.2) is 54.9 Å². The molecule has 2 amide bonds. The molecule has 3 heterocycles. The predicted octanol–water partition coefficient (Wildman–Crippen LogP) is 3.65. The van der Waals surface area contributed by atoms with Crippen LogP contribution in [0.2, 0.25) is 0 Å². The summed E-state index contributed by atoms with van der Waals surface area (Å²) in [5, 5.41) is 2.69. The molecule has 1 saturated heterocycles. The molecular weight excluding hydrogens is 453 g/mol. The molecule has 1 aromatic rings. The fourth-order valence-corrected chi connectivity index (χ4v) is 5.81. The van der Waals surface area contributed by atoms with Crippen molar-refractivity contribution in [3.05, 3.63) is 23.3 Å². The van der Waals surface area contributed by atoms with Crippen molar-refractivity contribution in [1.82, 2.24) is 10.2 Å². The van der Waals surface area contributed by atoms with E-state index in [1.807, 2.05) is 12.1 Å². The molecule has 186 valence electrons. The number of ether oxygens (including phenoxy) is 3. The summed E-state index contributed by atoms with van der Waals surface area (Å²) in [7, 11) is 0. The van der Waals surface area contributed by atoms with Gasteiger partial charge in [0.25, 0.3) is 5.79 Å². The van der Waals surface area contributed by atoms with Crippen molar-refractivity contribution in [2.45, 2.75) is 75.5 Å². The molecule has 3 aliphatic heterocycles. The van der Waals surface area contributed by atoms with Gasteiger partial charge in [-0.2, -0.15) is 13.2 Å². The van der Waals surface area contributed by atoms with E-state index in [-0.39, 0.29) is 31.7 Å². The van der Waals surface area contributed by atoms with Gasteiger partial charge >= 0.3 is 12.1 Å². The summed E-state index contributed by atoms with van der Waals surface area (Å²) in [6.45, 7) is 0.369. The van der Waals surface area contributed by atoms with Crippen molar-refractivity contribution in [2.24, 2.45) is 5.92 Å². The van der Waals surface area contributed by atoms with Crippen LogP contribution in [0.1, 0.15) is 62.2 Å². The molecule has 5 rings (SSSR count). The molecule has 1 aromatic carbocycles. The van der Waals surface area contributed by atoms with Crippen LogP contribution in [0.25, 0.3) is 0 Å². The number of carbonyl (C=O) groups is 2. The Bertz CT molecular complexity index is 939. The van der Waals surface area contributed by atoms with Crippen LogP contribution >= 0.6 is 0 Å². The molecule has 1 aliphatic carbocycles. The number of carbonyl (C=O) groups excluding carboxylic acids is 2. The van der Waals surface area contributed by atoms with E-state index in [9.17, 15) is 22.8 Å². The number of alkyl halides is 3. The number of amides is 2. The molecule has 1 spiro atoms. The number of nitrogens with one attached hydrogen (secondary N) is 1. The van der Waals surface area contributed by atoms with E-state index in [2.05, 4.69) is 5.32 Å². The maximum atomic E-state index is 12.8. The topological polar surface area (TPSA) is 77.1 Å². The van der Waals surface area contributed by atoms with Crippen LogP contribution in [0.15, 0.2) is 12.1 Å². The number of hydrogen-bond acceptors (Lipinski definition) is 5.